The molecule has 0 amide bonds. The van der Waals surface area contributed by atoms with E-state index in [1.165, 1.54) is 25.7 Å². The smallest absolute Gasteiger partial charge is 0.0825 e. The summed E-state index contributed by atoms with van der Waals surface area (Å²) in [6, 6.07) is 0. The highest BCUT2D eigenvalue weighted by Gasteiger charge is 2.59. The normalized spacial score (nSPS) is 38.7. The fourth-order valence-electron chi connectivity index (χ4n) is 2.40. The van der Waals surface area contributed by atoms with Gasteiger partial charge in [0.2, 0.25) is 0 Å². The van der Waals surface area contributed by atoms with E-state index in [9.17, 15) is 5.11 Å². The zero-order valence-electron chi connectivity index (χ0n) is 6.68. The molecule has 0 radical (unpaired) electrons. The number of hydrogen-bond acceptors (Lipinski definition) is 2. The van der Waals surface area contributed by atoms with E-state index in [0.29, 0.717) is 6.54 Å². The second-order valence-corrected chi connectivity index (χ2v) is 3.87. The van der Waals surface area contributed by atoms with Gasteiger partial charge in [-0.05, 0) is 25.7 Å². The molecule has 0 aliphatic heterocycles. The van der Waals surface area contributed by atoms with E-state index in [-0.39, 0.29) is 17.8 Å². The molecule has 1 spiro atoms. The van der Waals surface area contributed by atoms with E-state index in [2.05, 4.69) is 0 Å². The Kier molecular flexibility index (Phi) is 2.21. The van der Waals surface area contributed by atoms with Crippen LogP contribution in [0.15, 0.2) is 0 Å². The van der Waals surface area contributed by atoms with Crippen molar-refractivity contribution in [2.24, 2.45) is 11.1 Å². The summed E-state index contributed by atoms with van der Waals surface area (Å²) in [5, 5.41) is 9.86. The van der Waals surface area contributed by atoms with Gasteiger partial charge < -0.3 is 10.8 Å². The highest BCUT2D eigenvalue weighted by molar-refractivity contribution is 5.85. The third-order valence-electron chi connectivity index (χ3n) is 3.65. The van der Waals surface area contributed by atoms with Gasteiger partial charge in [0.25, 0.3) is 0 Å². The molecule has 0 aromatic rings. The van der Waals surface area contributed by atoms with Gasteiger partial charge in [0.15, 0.2) is 0 Å². The fraction of sp³-hybridized carbons (Fsp3) is 1.00. The lowest BCUT2D eigenvalue weighted by molar-refractivity contribution is -0.198. The van der Waals surface area contributed by atoms with Crippen LogP contribution < -0.4 is 5.73 Å². The second-order valence-electron chi connectivity index (χ2n) is 3.87. The highest BCUT2D eigenvalue weighted by atomic mass is 35.5. The Labute approximate surface area is 73.6 Å². The van der Waals surface area contributed by atoms with Crippen molar-refractivity contribution in [1.29, 1.82) is 0 Å². The van der Waals surface area contributed by atoms with E-state index in [1.807, 2.05) is 0 Å². The minimum atomic E-state index is -0.467. The molecule has 0 aromatic heterocycles. The number of nitrogens with two attached hydrogens (primary N) is 1. The Morgan fingerprint density at radius 3 is 1.91 bits per heavy atom. The van der Waals surface area contributed by atoms with Crippen LogP contribution in [0, 0.1) is 5.41 Å². The van der Waals surface area contributed by atoms with Crippen molar-refractivity contribution in [2.45, 2.75) is 37.7 Å². The monoisotopic (exact) mass is 177 g/mol. The van der Waals surface area contributed by atoms with Crippen molar-refractivity contribution in [3.05, 3.63) is 0 Å². The van der Waals surface area contributed by atoms with E-state index in [4.69, 9.17) is 5.73 Å². The van der Waals surface area contributed by atoms with E-state index < -0.39 is 5.60 Å². The van der Waals surface area contributed by atoms with Crippen LogP contribution in [0.2, 0.25) is 0 Å². The van der Waals surface area contributed by atoms with Crippen LogP contribution in [-0.4, -0.2) is 17.3 Å². The molecule has 2 nitrogen and oxygen atoms in total. The number of rotatable bonds is 1. The first-order valence-electron chi connectivity index (χ1n) is 4.15. The van der Waals surface area contributed by atoms with Crippen LogP contribution in [0.1, 0.15) is 32.1 Å². The van der Waals surface area contributed by atoms with Crippen molar-refractivity contribution >= 4 is 12.4 Å². The quantitative estimate of drug-likeness (QED) is 0.630. The lowest BCUT2D eigenvalue weighted by Gasteiger charge is -2.61. The zero-order valence-corrected chi connectivity index (χ0v) is 7.49. The summed E-state index contributed by atoms with van der Waals surface area (Å²) in [6.07, 6.45) is 5.86. The molecule has 2 aliphatic rings. The van der Waals surface area contributed by atoms with Crippen molar-refractivity contribution in [3.8, 4) is 0 Å². The first-order chi connectivity index (χ1) is 4.72. The van der Waals surface area contributed by atoms with Crippen LogP contribution in [0.5, 0.6) is 0 Å². The molecule has 2 aliphatic carbocycles. The van der Waals surface area contributed by atoms with Crippen LogP contribution in [0.4, 0.5) is 0 Å². The molecule has 1 unspecified atom stereocenters. The van der Waals surface area contributed by atoms with Gasteiger partial charge in [0.1, 0.15) is 0 Å². The molecule has 3 heteroatoms. The van der Waals surface area contributed by atoms with Crippen LogP contribution in [0.25, 0.3) is 0 Å². The highest BCUT2D eigenvalue weighted by Crippen LogP contribution is 2.61. The fourth-order valence-corrected chi connectivity index (χ4v) is 2.40. The van der Waals surface area contributed by atoms with Gasteiger partial charge in [-0.15, -0.1) is 12.4 Å². The Balaban J connectivity index is 0.000000605. The number of halogens is 1. The molecule has 11 heavy (non-hydrogen) atoms. The van der Waals surface area contributed by atoms with Crippen molar-refractivity contribution < 1.29 is 5.11 Å². The Morgan fingerprint density at radius 2 is 1.82 bits per heavy atom. The summed E-state index contributed by atoms with van der Waals surface area (Å²) in [6.45, 7) is 0.465. The topological polar surface area (TPSA) is 46.2 Å². The van der Waals surface area contributed by atoms with Crippen molar-refractivity contribution in [1.82, 2.24) is 0 Å². The van der Waals surface area contributed by atoms with E-state index >= 15 is 0 Å². The van der Waals surface area contributed by atoms with Gasteiger partial charge >= 0.3 is 0 Å². The van der Waals surface area contributed by atoms with Gasteiger partial charge in [-0.3, -0.25) is 0 Å². The summed E-state index contributed by atoms with van der Waals surface area (Å²) in [4.78, 5) is 0. The number of hydrogen-bond donors (Lipinski definition) is 2. The first kappa shape index (κ1) is 9.30. The van der Waals surface area contributed by atoms with Crippen molar-refractivity contribution in [2.75, 3.05) is 6.54 Å². The Hall–Kier alpha value is 0.210. The molecule has 2 rings (SSSR count). The second kappa shape index (κ2) is 2.61. The standard InChI is InChI=1S/C8H15NO.ClH/c9-6-8(10)5-4-7(8)2-1-3-7;/h10H,1-6,9H2;1H. The average Bonchev–Trinajstić information content (AvgIpc) is 1.81. The minimum absolute atomic E-state index is 0. The van der Waals surface area contributed by atoms with Crippen LogP contribution >= 0.6 is 12.4 Å². The summed E-state index contributed by atoms with van der Waals surface area (Å²) in [5.74, 6) is 0. The third-order valence-corrected chi connectivity index (χ3v) is 3.65. The van der Waals surface area contributed by atoms with Crippen molar-refractivity contribution in [3.63, 3.8) is 0 Å². The molecule has 0 aromatic carbocycles. The molecular formula is C8H16ClNO. The van der Waals surface area contributed by atoms with Crippen LogP contribution in [0.3, 0.4) is 0 Å². The number of aliphatic hydroxyl groups is 1. The molecule has 0 bridgehead atoms. The molecule has 1 atom stereocenters. The molecule has 2 fully saturated rings. The van der Waals surface area contributed by atoms with Crippen LogP contribution in [-0.2, 0) is 0 Å². The average molecular weight is 178 g/mol. The summed E-state index contributed by atoms with van der Waals surface area (Å²) in [5.41, 5.74) is 5.32. The molecule has 3 N–H and O–H groups in total. The summed E-state index contributed by atoms with van der Waals surface area (Å²) < 4.78 is 0. The predicted molar refractivity (Wildman–Crippen MR) is 46.8 cm³/mol. The molecule has 2 saturated carbocycles. The molecule has 0 saturated heterocycles. The van der Waals surface area contributed by atoms with Gasteiger partial charge in [-0.1, -0.05) is 6.42 Å². The largest absolute Gasteiger partial charge is 0.388 e. The lowest BCUT2D eigenvalue weighted by Crippen LogP contribution is -2.64. The van der Waals surface area contributed by atoms with E-state index in [1.54, 1.807) is 0 Å². The maximum atomic E-state index is 9.86. The van der Waals surface area contributed by atoms with Gasteiger partial charge in [0, 0.05) is 12.0 Å². The lowest BCUT2D eigenvalue weighted by atomic mass is 9.47. The summed E-state index contributed by atoms with van der Waals surface area (Å²) >= 11 is 0. The third kappa shape index (κ3) is 0.930. The van der Waals surface area contributed by atoms with Gasteiger partial charge in [-0.25, -0.2) is 0 Å². The SMILES string of the molecule is Cl.NCC1(O)CCC12CCC2. The minimum Gasteiger partial charge on any atom is -0.388 e. The van der Waals surface area contributed by atoms with E-state index in [0.717, 1.165) is 6.42 Å². The zero-order chi connectivity index (χ0) is 7.24. The molecule has 0 heterocycles. The molecular weight excluding hydrogens is 162 g/mol. The Morgan fingerprint density at radius 1 is 1.18 bits per heavy atom. The van der Waals surface area contributed by atoms with Gasteiger partial charge in [0.05, 0.1) is 5.60 Å². The Bertz CT molecular complexity index is 139. The van der Waals surface area contributed by atoms with Gasteiger partial charge in [-0.2, -0.15) is 0 Å². The predicted octanol–water partition coefficient (Wildman–Crippen LogP) is 1.06. The maximum Gasteiger partial charge on any atom is 0.0825 e. The maximum absolute atomic E-state index is 9.86. The first-order valence-corrected chi connectivity index (χ1v) is 4.15. The molecule has 66 valence electrons. The summed E-state index contributed by atoms with van der Waals surface area (Å²) in [7, 11) is 0.